The molecule has 2 heterocycles. The number of phenolic OH excluding ortho intramolecular Hbond substituents is 1. The molecule has 0 amide bonds. The van der Waals surface area contributed by atoms with Crippen LogP contribution in [-0.2, 0) is 0 Å². The van der Waals surface area contributed by atoms with Gasteiger partial charge in [0.15, 0.2) is 5.65 Å². The number of aromatic nitrogens is 3. The summed E-state index contributed by atoms with van der Waals surface area (Å²) in [7, 11) is 0. The van der Waals surface area contributed by atoms with Gasteiger partial charge in [-0.3, -0.25) is 0 Å². The van der Waals surface area contributed by atoms with Crippen molar-refractivity contribution in [2.45, 2.75) is 0 Å². The number of rotatable bonds is 1. The molecule has 3 rings (SSSR count). The first-order chi connectivity index (χ1) is 7.84. The first-order valence-corrected chi connectivity index (χ1v) is 4.93. The molecule has 0 unspecified atom stereocenters. The molecule has 0 saturated heterocycles. The SMILES string of the molecule is Oc1ccccc1-c1cc2ncccn2n1. The molecule has 0 aliphatic heterocycles. The summed E-state index contributed by atoms with van der Waals surface area (Å²) in [5.41, 5.74) is 2.20. The first kappa shape index (κ1) is 8.91. The molecule has 0 fully saturated rings. The molecule has 0 bridgehead atoms. The highest BCUT2D eigenvalue weighted by Gasteiger charge is 2.07. The normalized spacial score (nSPS) is 10.8. The first-order valence-electron chi connectivity index (χ1n) is 4.93. The van der Waals surface area contributed by atoms with Crippen LogP contribution in [0.1, 0.15) is 0 Å². The highest BCUT2D eigenvalue weighted by Crippen LogP contribution is 2.27. The zero-order chi connectivity index (χ0) is 11.0. The summed E-state index contributed by atoms with van der Waals surface area (Å²) in [6.07, 6.45) is 3.54. The maximum atomic E-state index is 9.72. The van der Waals surface area contributed by atoms with E-state index in [0.717, 1.165) is 11.3 Å². The molecule has 0 saturated carbocycles. The molecular weight excluding hydrogens is 202 g/mol. The maximum Gasteiger partial charge on any atom is 0.155 e. The number of aromatic hydroxyl groups is 1. The van der Waals surface area contributed by atoms with Gasteiger partial charge in [0.05, 0.1) is 5.69 Å². The Morgan fingerprint density at radius 3 is 2.81 bits per heavy atom. The molecule has 4 nitrogen and oxygen atoms in total. The van der Waals surface area contributed by atoms with Crippen molar-refractivity contribution in [1.29, 1.82) is 0 Å². The van der Waals surface area contributed by atoms with Crippen molar-refractivity contribution in [3.8, 4) is 17.0 Å². The van der Waals surface area contributed by atoms with E-state index in [2.05, 4.69) is 10.1 Å². The van der Waals surface area contributed by atoms with E-state index in [-0.39, 0.29) is 5.75 Å². The molecule has 3 aromatic rings. The van der Waals surface area contributed by atoms with Gasteiger partial charge in [-0.2, -0.15) is 5.10 Å². The Hall–Kier alpha value is -2.36. The van der Waals surface area contributed by atoms with E-state index in [9.17, 15) is 5.11 Å². The third-order valence-electron chi connectivity index (χ3n) is 2.42. The van der Waals surface area contributed by atoms with E-state index in [1.54, 1.807) is 22.8 Å². The molecule has 78 valence electrons. The van der Waals surface area contributed by atoms with Gasteiger partial charge < -0.3 is 5.11 Å². The van der Waals surface area contributed by atoms with E-state index < -0.39 is 0 Å². The Morgan fingerprint density at radius 2 is 2.00 bits per heavy atom. The number of hydrogen-bond donors (Lipinski definition) is 1. The second-order valence-electron chi connectivity index (χ2n) is 3.47. The molecule has 0 aliphatic rings. The largest absolute Gasteiger partial charge is 0.507 e. The standard InChI is InChI=1S/C12H9N3O/c16-11-5-2-1-4-9(11)10-8-12-13-6-3-7-15(12)14-10/h1-8,16H. The molecule has 0 atom stereocenters. The van der Waals surface area contributed by atoms with Crippen molar-refractivity contribution in [3.63, 3.8) is 0 Å². The number of para-hydroxylation sites is 1. The van der Waals surface area contributed by atoms with E-state index in [1.807, 2.05) is 30.5 Å². The molecular formula is C12H9N3O. The van der Waals surface area contributed by atoms with Crippen LogP contribution in [0.5, 0.6) is 5.75 Å². The topological polar surface area (TPSA) is 50.4 Å². The van der Waals surface area contributed by atoms with Crippen LogP contribution in [0.15, 0.2) is 48.8 Å². The molecule has 0 spiro atoms. The van der Waals surface area contributed by atoms with E-state index in [0.29, 0.717) is 5.56 Å². The van der Waals surface area contributed by atoms with Gasteiger partial charge in [-0.05, 0) is 18.2 Å². The smallest absolute Gasteiger partial charge is 0.155 e. The average Bonchev–Trinajstić information content (AvgIpc) is 2.73. The zero-order valence-corrected chi connectivity index (χ0v) is 8.41. The van der Waals surface area contributed by atoms with Crippen LogP contribution in [0.3, 0.4) is 0 Å². The fourth-order valence-corrected chi connectivity index (χ4v) is 1.65. The third kappa shape index (κ3) is 1.32. The Bertz CT molecular complexity index is 612. The number of phenols is 1. The summed E-state index contributed by atoms with van der Waals surface area (Å²) >= 11 is 0. The minimum atomic E-state index is 0.228. The summed E-state index contributed by atoms with van der Waals surface area (Å²) in [4.78, 5) is 4.18. The van der Waals surface area contributed by atoms with E-state index >= 15 is 0 Å². The molecule has 1 aromatic carbocycles. The lowest BCUT2D eigenvalue weighted by Crippen LogP contribution is -1.87. The fourth-order valence-electron chi connectivity index (χ4n) is 1.65. The summed E-state index contributed by atoms with van der Waals surface area (Å²) in [6, 6.07) is 10.8. The van der Waals surface area contributed by atoms with Crippen LogP contribution < -0.4 is 0 Å². The van der Waals surface area contributed by atoms with Crippen LogP contribution in [0.4, 0.5) is 0 Å². The Balaban J connectivity index is 2.23. The van der Waals surface area contributed by atoms with Crippen LogP contribution in [0.25, 0.3) is 16.9 Å². The lowest BCUT2D eigenvalue weighted by Gasteiger charge is -1.98. The number of benzene rings is 1. The van der Waals surface area contributed by atoms with Crippen LogP contribution in [-0.4, -0.2) is 19.7 Å². The highest BCUT2D eigenvalue weighted by molar-refractivity contribution is 5.69. The quantitative estimate of drug-likeness (QED) is 0.670. The summed E-state index contributed by atoms with van der Waals surface area (Å²) in [6.45, 7) is 0. The van der Waals surface area contributed by atoms with Crippen molar-refractivity contribution in [1.82, 2.24) is 14.6 Å². The highest BCUT2D eigenvalue weighted by atomic mass is 16.3. The number of hydrogen-bond acceptors (Lipinski definition) is 3. The van der Waals surface area contributed by atoms with Gasteiger partial charge in [0.25, 0.3) is 0 Å². The van der Waals surface area contributed by atoms with Crippen LogP contribution in [0, 0.1) is 0 Å². The van der Waals surface area contributed by atoms with Gasteiger partial charge in [0, 0.05) is 24.0 Å². The third-order valence-corrected chi connectivity index (χ3v) is 2.42. The minimum Gasteiger partial charge on any atom is -0.507 e. The Morgan fingerprint density at radius 1 is 1.12 bits per heavy atom. The predicted molar refractivity (Wildman–Crippen MR) is 60.1 cm³/mol. The monoisotopic (exact) mass is 211 g/mol. The van der Waals surface area contributed by atoms with Crippen LogP contribution >= 0.6 is 0 Å². The molecule has 4 heteroatoms. The van der Waals surface area contributed by atoms with E-state index in [1.165, 1.54) is 0 Å². The van der Waals surface area contributed by atoms with Crippen molar-refractivity contribution in [2.75, 3.05) is 0 Å². The van der Waals surface area contributed by atoms with Crippen molar-refractivity contribution in [3.05, 3.63) is 48.8 Å². The fraction of sp³-hybridized carbons (Fsp3) is 0. The van der Waals surface area contributed by atoms with Crippen LogP contribution in [0.2, 0.25) is 0 Å². The van der Waals surface area contributed by atoms with Gasteiger partial charge in [-0.1, -0.05) is 12.1 Å². The summed E-state index contributed by atoms with van der Waals surface area (Å²) in [5, 5.41) is 14.1. The van der Waals surface area contributed by atoms with Crippen molar-refractivity contribution >= 4 is 5.65 Å². The summed E-state index contributed by atoms with van der Waals surface area (Å²) in [5.74, 6) is 0.228. The van der Waals surface area contributed by atoms with Gasteiger partial charge in [0.2, 0.25) is 0 Å². The molecule has 0 aliphatic carbocycles. The molecule has 2 aromatic heterocycles. The average molecular weight is 211 g/mol. The van der Waals surface area contributed by atoms with Gasteiger partial charge in [0.1, 0.15) is 5.75 Å². The lowest BCUT2D eigenvalue weighted by atomic mass is 10.1. The molecule has 16 heavy (non-hydrogen) atoms. The number of fused-ring (bicyclic) bond motifs is 1. The van der Waals surface area contributed by atoms with Gasteiger partial charge in [-0.25, -0.2) is 9.50 Å². The summed E-state index contributed by atoms with van der Waals surface area (Å²) < 4.78 is 1.68. The molecule has 1 N–H and O–H groups in total. The predicted octanol–water partition coefficient (Wildman–Crippen LogP) is 2.10. The van der Waals surface area contributed by atoms with E-state index in [4.69, 9.17) is 0 Å². The Labute approximate surface area is 91.8 Å². The zero-order valence-electron chi connectivity index (χ0n) is 8.41. The molecule has 0 radical (unpaired) electrons. The van der Waals surface area contributed by atoms with Crippen molar-refractivity contribution in [2.24, 2.45) is 0 Å². The van der Waals surface area contributed by atoms with Crippen molar-refractivity contribution < 1.29 is 5.11 Å². The number of nitrogens with zero attached hydrogens (tertiary/aromatic N) is 3. The minimum absolute atomic E-state index is 0.228. The second-order valence-corrected chi connectivity index (χ2v) is 3.47. The lowest BCUT2D eigenvalue weighted by molar-refractivity contribution is 0.477. The van der Waals surface area contributed by atoms with Gasteiger partial charge in [-0.15, -0.1) is 0 Å². The Kier molecular flexibility index (Phi) is 1.86. The van der Waals surface area contributed by atoms with Gasteiger partial charge >= 0.3 is 0 Å². The maximum absolute atomic E-state index is 9.72. The second kappa shape index (κ2) is 3.34.